The molecule has 1 saturated heterocycles. The first-order valence-corrected chi connectivity index (χ1v) is 4.04. The van der Waals surface area contributed by atoms with Crippen molar-refractivity contribution in [3.8, 4) is 0 Å². The number of carbonyl (C=O) groups is 2. The van der Waals surface area contributed by atoms with Crippen molar-refractivity contribution in [2.75, 3.05) is 26.2 Å². The lowest BCUT2D eigenvalue weighted by molar-refractivity contribution is -0.144. The maximum atomic E-state index is 11.1. The van der Waals surface area contributed by atoms with Gasteiger partial charge in [0, 0.05) is 6.54 Å². The number of nitrogens with zero attached hydrogens (tertiary/aromatic N) is 1. The van der Waals surface area contributed by atoms with Gasteiger partial charge in [-0.25, -0.2) is 0 Å². The Morgan fingerprint density at radius 2 is 2.23 bits per heavy atom. The average Bonchev–Trinajstić information content (AvgIpc) is 2.17. The fourth-order valence-corrected chi connectivity index (χ4v) is 1.18. The summed E-state index contributed by atoms with van der Waals surface area (Å²) in [4.78, 5) is 23.4. The SMILES string of the molecule is NCC(=O)N1CCOC(C(N)=O)C1. The molecule has 1 aliphatic rings. The van der Waals surface area contributed by atoms with Gasteiger partial charge in [0.05, 0.1) is 19.7 Å². The highest BCUT2D eigenvalue weighted by Gasteiger charge is 2.26. The van der Waals surface area contributed by atoms with E-state index in [1.54, 1.807) is 0 Å². The normalized spacial score (nSPS) is 22.8. The summed E-state index contributed by atoms with van der Waals surface area (Å²) in [5, 5.41) is 0. The third kappa shape index (κ3) is 2.40. The van der Waals surface area contributed by atoms with Gasteiger partial charge in [-0.15, -0.1) is 0 Å². The number of primary amides is 1. The van der Waals surface area contributed by atoms with E-state index in [1.807, 2.05) is 0 Å². The van der Waals surface area contributed by atoms with Crippen LogP contribution in [0.4, 0.5) is 0 Å². The van der Waals surface area contributed by atoms with E-state index in [0.717, 1.165) is 0 Å². The van der Waals surface area contributed by atoms with Gasteiger partial charge >= 0.3 is 0 Å². The highest BCUT2D eigenvalue weighted by atomic mass is 16.5. The molecular weight excluding hydrogens is 174 g/mol. The zero-order valence-corrected chi connectivity index (χ0v) is 7.23. The Hall–Kier alpha value is -1.14. The zero-order valence-electron chi connectivity index (χ0n) is 7.23. The number of morpholine rings is 1. The summed E-state index contributed by atoms with van der Waals surface area (Å²) < 4.78 is 5.06. The molecule has 0 radical (unpaired) electrons. The van der Waals surface area contributed by atoms with Crippen molar-refractivity contribution >= 4 is 11.8 Å². The molecule has 0 aliphatic carbocycles. The van der Waals surface area contributed by atoms with Crippen molar-refractivity contribution in [3.05, 3.63) is 0 Å². The minimum absolute atomic E-state index is 0.0501. The highest BCUT2D eigenvalue weighted by Crippen LogP contribution is 2.04. The molecule has 0 spiro atoms. The molecule has 6 heteroatoms. The van der Waals surface area contributed by atoms with Gasteiger partial charge in [0.2, 0.25) is 11.8 Å². The van der Waals surface area contributed by atoms with Crippen molar-refractivity contribution in [2.45, 2.75) is 6.10 Å². The van der Waals surface area contributed by atoms with E-state index in [-0.39, 0.29) is 19.0 Å². The second kappa shape index (κ2) is 4.20. The van der Waals surface area contributed by atoms with Crippen LogP contribution in [-0.2, 0) is 14.3 Å². The van der Waals surface area contributed by atoms with Crippen LogP contribution in [-0.4, -0.2) is 49.1 Å². The molecule has 0 bridgehead atoms. The third-order valence-corrected chi connectivity index (χ3v) is 1.91. The number of hydrogen-bond acceptors (Lipinski definition) is 4. The number of amides is 2. The third-order valence-electron chi connectivity index (χ3n) is 1.91. The second-order valence-electron chi connectivity index (χ2n) is 2.81. The van der Waals surface area contributed by atoms with Gasteiger partial charge in [0.15, 0.2) is 6.10 Å². The lowest BCUT2D eigenvalue weighted by Crippen LogP contribution is -2.51. The maximum Gasteiger partial charge on any atom is 0.248 e. The van der Waals surface area contributed by atoms with Gasteiger partial charge in [0.1, 0.15) is 0 Å². The van der Waals surface area contributed by atoms with Crippen molar-refractivity contribution < 1.29 is 14.3 Å². The number of ether oxygens (including phenoxy) is 1. The van der Waals surface area contributed by atoms with Crippen molar-refractivity contribution in [1.82, 2.24) is 4.90 Å². The highest BCUT2D eigenvalue weighted by molar-refractivity contribution is 5.82. The summed E-state index contributed by atoms with van der Waals surface area (Å²) in [6.07, 6.45) is -0.691. The first-order chi connectivity index (χ1) is 6.15. The monoisotopic (exact) mass is 187 g/mol. The smallest absolute Gasteiger partial charge is 0.248 e. The van der Waals surface area contributed by atoms with Gasteiger partial charge in [0.25, 0.3) is 0 Å². The molecule has 13 heavy (non-hydrogen) atoms. The van der Waals surface area contributed by atoms with E-state index in [4.69, 9.17) is 16.2 Å². The minimum atomic E-state index is -0.691. The summed E-state index contributed by atoms with van der Waals surface area (Å²) in [6.45, 7) is 0.968. The van der Waals surface area contributed by atoms with Crippen molar-refractivity contribution in [3.63, 3.8) is 0 Å². The van der Waals surface area contributed by atoms with Crippen LogP contribution in [0.15, 0.2) is 0 Å². The molecule has 0 aromatic rings. The molecule has 1 unspecified atom stereocenters. The molecule has 74 valence electrons. The van der Waals surface area contributed by atoms with E-state index in [2.05, 4.69) is 0 Å². The summed E-state index contributed by atoms with van der Waals surface area (Å²) in [7, 11) is 0. The quantitative estimate of drug-likeness (QED) is 0.506. The molecule has 4 N–H and O–H groups in total. The second-order valence-corrected chi connectivity index (χ2v) is 2.81. The number of nitrogens with two attached hydrogens (primary N) is 2. The number of hydrogen-bond donors (Lipinski definition) is 2. The summed E-state index contributed by atoms with van der Waals surface area (Å²) >= 11 is 0. The minimum Gasteiger partial charge on any atom is -0.367 e. The van der Waals surface area contributed by atoms with Gasteiger partial charge in [-0.3, -0.25) is 9.59 Å². The van der Waals surface area contributed by atoms with E-state index >= 15 is 0 Å². The molecule has 1 aliphatic heterocycles. The Kier molecular flexibility index (Phi) is 3.21. The Bertz CT molecular complexity index is 219. The Balaban J connectivity index is 2.51. The predicted octanol–water partition coefficient (Wildman–Crippen LogP) is -2.34. The van der Waals surface area contributed by atoms with Crippen LogP contribution in [0.25, 0.3) is 0 Å². The topological polar surface area (TPSA) is 98.7 Å². The van der Waals surface area contributed by atoms with Gasteiger partial charge in [-0.2, -0.15) is 0 Å². The summed E-state index contributed by atoms with van der Waals surface area (Å²) in [5.41, 5.74) is 10.2. The van der Waals surface area contributed by atoms with Gasteiger partial charge < -0.3 is 21.1 Å². The van der Waals surface area contributed by atoms with E-state index in [9.17, 15) is 9.59 Å². The molecule has 1 rings (SSSR count). The fourth-order valence-electron chi connectivity index (χ4n) is 1.18. The van der Waals surface area contributed by atoms with E-state index in [0.29, 0.717) is 13.2 Å². The Labute approximate surface area is 75.8 Å². The van der Waals surface area contributed by atoms with Crippen molar-refractivity contribution in [2.24, 2.45) is 11.5 Å². The molecular formula is C7H13N3O3. The summed E-state index contributed by atoms with van der Waals surface area (Å²) in [5.74, 6) is -0.732. The molecule has 1 heterocycles. The van der Waals surface area contributed by atoms with E-state index in [1.165, 1.54) is 4.90 Å². The standard InChI is InChI=1S/C7H13N3O3/c8-3-6(11)10-1-2-13-5(4-10)7(9)12/h5H,1-4,8H2,(H2,9,12). The van der Waals surface area contributed by atoms with E-state index < -0.39 is 12.0 Å². The van der Waals surface area contributed by atoms with Crippen LogP contribution in [0.5, 0.6) is 0 Å². The first kappa shape index (κ1) is 9.94. The average molecular weight is 187 g/mol. The van der Waals surface area contributed by atoms with Crippen molar-refractivity contribution in [1.29, 1.82) is 0 Å². The molecule has 2 amide bonds. The van der Waals surface area contributed by atoms with Crippen LogP contribution < -0.4 is 11.5 Å². The van der Waals surface area contributed by atoms with Crippen LogP contribution >= 0.6 is 0 Å². The molecule has 6 nitrogen and oxygen atoms in total. The number of carbonyl (C=O) groups excluding carboxylic acids is 2. The first-order valence-electron chi connectivity index (χ1n) is 4.04. The fraction of sp³-hybridized carbons (Fsp3) is 0.714. The van der Waals surface area contributed by atoms with Gasteiger partial charge in [-0.05, 0) is 0 Å². The predicted molar refractivity (Wildman–Crippen MR) is 44.6 cm³/mol. The van der Waals surface area contributed by atoms with Gasteiger partial charge in [-0.1, -0.05) is 0 Å². The molecule has 0 aromatic carbocycles. The molecule has 0 saturated carbocycles. The van der Waals surface area contributed by atoms with Crippen LogP contribution in [0.3, 0.4) is 0 Å². The van der Waals surface area contributed by atoms with Crippen LogP contribution in [0, 0.1) is 0 Å². The Morgan fingerprint density at radius 1 is 1.54 bits per heavy atom. The molecule has 0 aromatic heterocycles. The zero-order chi connectivity index (χ0) is 9.84. The van der Waals surface area contributed by atoms with Crippen LogP contribution in [0.1, 0.15) is 0 Å². The molecule has 1 atom stereocenters. The maximum absolute atomic E-state index is 11.1. The largest absolute Gasteiger partial charge is 0.367 e. The number of rotatable bonds is 2. The summed E-state index contributed by atoms with van der Waals surface area (Å²) in [6, 6.07) is 0. The lowest BCUT2D eigenvalue weighted by Gasteiger charge is -2.30. The molecule has 1 fully saturated rings. The lowest BCUT2D eigenvalue weighted by atomic mass is 10.2. The Morgan fingerprint density at radius 3 is 2.77 bits per heavy atom. The van der Waals surface area contributed by atoms with Crippen LogP contribution in [0.2, 0.25) is 0 Å².